The van der Waals surface area contributed by atoms with Gasteiger partial charge in [-0.1, -0.05) is 13.8 Å². The number of carboxylic acid groups (broad SMARTS) is 1. The van der Waals surface area contributed by atoms with Crippen LogP contribution in [0.25, 0.3) is 0 Å². The van der Waals surface area contributed by atoms with Crippen molar-refractivity contribution in [2.75, 3.05) is 25.2 Å². The van der Waals surface area contributed by atoms with Crippen molar-refractivity contribution in [3.8, 4) is 0 Å². The van der Waals surface area contributed by atoms with Crippen LogP contribution in [0.2, 0.25) is 0 Å². The highest BCUT2D eigenvalue weighted by molar-refractivity contribution is 5.95. The molecule has 0 spiro atoms. The van der Waals surface area contributed by atoms with Crippen LogP contribution in [0.1, 0.15) is 49.3 Å². The highest BCUT2D eigenvalue weighted by Crippen LogP contribution is 2.25. The van der Waals surface area contributed by atoms with E-state index >= 15 is 0 Å². The molecular weight excluding hydrogens is 270 g/mol. The van der Waals surface area contributed by atoms with Gasteiger partial charge in [0.2, 0.25) is 0 Å². The number of carboxylic acids is 1. The first-order valence-electron chi connectivity index (χ1n) is 7.38. The van der Waals surface area contributed by atoms with E-state index in [2.05, 4.69) is 10.2 Å². The maximum absolute atomic E-state index is 11.7. The molecule has 0 radical (unpaired) electrons. The Balaban J connectivity index is 3.43. The molecule has 0 saturated heterocycles. The third kappa shape index (κ3) is 3.69. The Morgan fingerprint density at radius 1 is 1.29 bits per heavy atom. The largest absolute Gasteiger partial charge is 0.478 e. The number of ether oxygens (including phenoxy) is 1. The van der Waals surface area contributed by atoms with E-state index in [0.717, 1.165) is 11.3 Å². The summed E-state index contributed by atoms with van der Waals surface area (Å²) in [5.74, 6) is -0.516. The summed E-state index contributed by atoms with van der Waals surface area (Å²) in [7, 11) is 1.63. The van der Waals surface area contributed by atoms with Crippen LogP contribution in [0.4, 0.5) is 5.82 Å². The quantitative estimate of drug-likeness (QED) is 0.792. The molecule has 1 atom stereocenters. The molecular formula is C15H25N3O3. The number of anilines is 1. The Bertz CT molecular complexity index is 491. The summed E-state index contributed by atoms with van der Waals surface area (Å²) in [6.45, 7) is 9.01. The highest BCUT2D eigenvalue weighted by atomic mass is 16.5. The van der Waals surface area contributed by atoms with Gasteiger partial charge >= 0.3 is 5.97 Å². The standard InChI is InChI=1S/C15H25N3O3/c1-6-11-12(7-2)16-17-14(13(11)15(19)20)18(8-3)10(4)9-21-5/h10H,6-9H2,1-5H3,(H,19,20). The predicted octanol–water partition coefficient (Wildman–Crippen LogP) is 2.16. The van der Waals surface area contributed by atoms with Gasteiger partial charge in [0.25, 0.3) is 0 Å². The zero-order valence-electron chi connectivity index (χ0n) is 13.5. The molecule has 0 fully saturated rings. The lowest BCUT2D eigenvalue weighted by molar-refractivity contribution is 0.0695. The molecule has 1 aromatic heterocycles. The molecule has 6 nitrogen and oxygen atoms in total. The number of hydrogen-bond donors (Lipinski definition) is 1. The molecule has 1 rings (SSSR count). The van der Waals surface area contributed by atoms with Crippen molar-refractivity contribution < 1.29 is 14.6 Å². The summed E-state index contributed by atoms with van der Waals surface area (Å²) in [5.41, 5.74) is 1.81. The third-order valence-electron chi connectivity index (χ3n) is 3.59. The monoisotopic (exact) mass is 295 g/mol. The van der Waals surface area contributed by atoms with Gasteiger partial charge in [-0.3, -0.25) is 0 Å². The summed E-state index contributed by atoms with van der Waals surface area (Å²) in [4.78, 5) is 13.7. The topological polar surface area (TPSA) is 75.5 Å². The minimum atomic E-state index is -0.950. The summed E-state index contributed by atoms with van der Waals surface area (Å²) in [5, 5.41) is 18.0. The van der Waals surface area contributed by atoms with E-state index in [-0.39, 0.29) is 11.6 Å². The fraction of sp³-hybridized carbons (Fsp3) is 0.667. The lowest BCUT2D eigenvalue weighted by Gasteiger charge is -2.30. The molecule has 1 N–H and O–H groups in total. The van der Waals surface area contributed by atoms with Crippen LogP contribution >= 0.6 is 0 Å². The third-order valence-corrected chi connectivity index (χ3v) is 3.59. The Kier molecular flexibility index (Phi) is 6.55. The van der Waals surface area contributed by atoms with Crippen LogP contribution in [-0.4, -0.2) is 47.6 Å². The number of hydrogen-bond acceptors (Lipinski definition) is 5. The summed E-state index contributed by atoms with van der Waals surface area (Å²) < 4.78 is 5.17. The first-order chi connectivity index (χ1) is 10.0. The van der Waals surface area contributed by atoms with Crippen LogP contribution in [0, 0.1) is 0 Å². The Labute approximate surface area is 126 Å². The molecule has 0 aliphatic carbocycles. The van der Waals surface area contributed by atoms with Gasteiger partial charge in [0.1, 0.15) is 5.56 Å². The van der Waals surface area contributed by atoms with Crippen LogP contribution in [0.5, 0.6) is 0 Å². The van der Waals surface area contributed by atoms with Gasteiger partial charge in [-0.05, 0) is 32.3 Å². The molecule has 1 aromatic rings. The van der Waals surface area contributed by atoms with Crippen LogP contribution in [-0.2, 0) is 17.6 Å². The molecule has 0 bridgehead atoms. The Morgan fingerprint density at radius 3 is 2.38 bits per heavy atom. The van der Waals surface area contributed by atoms with E-state index in [1.807, 2.05) is 32.6 Å². The first kappa shape index (κ1) is 17.4. The lowest BCUT2D eigenvalue weighted by Crippen LogP contribution is -2.38. The lowest BCUT2D eigenvalue weighted by atomic mass is 10.0. The van der Waals surface area contributed by atoms with Gasteiger partial charge in [0, 0.05) is 13.7 Å². The molecule has 0 aliphatic rings. The van der Waals surface area contributed by atoms with Crippen molar-refractivity contribution >= 4 is 11.8 Å². The van der Waals surface area contributed by atoms with Gasteiger partial charge in [-0.25, -0.2) is 4.79 Å². The molecule has 0 aliphatic heterocycles. The van der Waals surface area contributed by atoms with Gasteiger partial charge in [0.15, 0.2) is 5.82 Å². The summed E-state index contributed by atoms with van der Waals surface area (Å²) in [6.07, 6.45) is 1.31. The average molecular weight is 295 g/mol. The second-order valence-corrected chi connectivity index (χ2v) is 4.93. The number of methoxy groups -OCH3 is 1. The number of carbonyl (C=O) groups is 1. The molecule has 1 unspecified atom stereocenters. The second-order valence-electron chi connectivity index (χ2n) is 4.93. The van der Waals surface area contributed by atoms with Gasteiger partial charge in [0.05, 0.1) is 18.3 Å². The van der Waals surface area contributed by atoms with Crippen molar-refractivity contribution in [1.82, 2.24) is 10.2 Å². The van der Waals surface area contributed by atoms with Crippen molar-refractivity contribution in [3.63, 3.8) is 0 Å². The van der Waals surface area contributed by atoms with E-state index in [0.29, 0.717) is 31.8 Å². The smallest absolute Gasteiger partial charge is 0.339 e. The van der Waals surface area contributed by atoms with Crippen LogP contribution in [0.3, 0.4) is 0 Å². The molecule has 21 heavy (non-hydrogen) atoms. The molecule has 0 aromatic carbocycles. The van der Waals surface area contributed by atoms with Crippen molar-refractivity contribution in [2.45, 2.75) is 46.6 Å². The second kappa shape index (κ2) is 7.93. The molecule has 6 heteroatoms. The normalized spacial score (nSPS) is 12.2. The van der Waals surface area contributed by atoms with E-state index in [1.54, 1.807) is 7.11 Å². The average Bonchev–Trinajstić information content (AvgIpc) is 2.47. The van der Waals surface area contributed by atoms with Crippen molar-refractivity contribution in [3.05, 3.63) is 16.8 Å². The highest BCUT2D eigenvalue weighted by Gasteiger charge is 2.25. The van der Waals surface area contributed by atoms with Gasteiger partial charge in [-0.15, -0.1) is 5.10 Å². The fourth-order valence-corrected chi connectivity index (χ4v) is 2.59. The predicted molar refractivity (Wildman–Crippen MR) is 82.1 cm³/mol. The number of aromatic nitrogens is 2. The van der Waals surface area contributed by atoms with E-state index < -0.39 is 5.97 Å². The van der Waals surface area contributed by atoms with Crippen molar-refractivity contribution in [2.24, 2.45) is 0 Å². The van der Waals surface area contributed by atoms with Gasteiger partial charge in [-0.2, -0.15) is 5.10 Å². The number of aryl methyl sites for hydroxylation is 1. The minimum Gasteiger partial charge on any atom is -0.478 e. The van der Waals surface area contributed by atoms with Crippen LogP contribution < -0.4 is 4.90 Å². The number of aromatic carboxylic acids is 1. The SMILES string of the molecule is CCc1nnc(N(CC)C(C)COC)c(C(=O)O)c1CC. The maximum Gasteiger partial charge on any atom is 0.339 e. The number of likely N-dealkylation sites (N-methyl/N-ethyl adjacent to an activating group) is 1. The molecule has 0 saturated carbocycles. The Hall–Kier alpha value is -1.69. The molecule has 0 amide bonds. The zero-order chi connectivity index (χ0) is 16.0. The van der Waals surface area contributed by atoms with Gasteiger partial charge < -0.3 is 14.7 Å². The minimum absolute atomic E-state index is 0.0320. The van der Waals surface area contributed by atoms with Crippen LogP contribution in [0.15, 0.2) is 0 Å². The maximum atomic E-state index is 11.7. The summed E-state index contributed by atoms with van der Waals surface area (Å²) in [6, 6.07) is 0.0320. The van der Waals surface area contributed by atoms with Crippen molar-refractivity contribution in [1.29, 1.82) is 0 Å². The zero-order valence-corrected chi connectivity index (χ0v) is 13.5. The molecule has 118 valence electrons. The van der Waals surface area contributed by atoms with E-state index in [4.69, 9.17) is 4.74 Å². The van der Waals surface area contributed by atoms with E-state index in [1.165, 1.54) is 0 Å². The van der Waals surface area contributed by atoms with E-state index in [9.17, 15) is 9.90 Å². The Morgan fingerprint density at radius 2 is 1.95 bits per heavy atom. The molecule has 1 heterocycles. The first-order valence-corrected chi connectivity index (χ1v) is 7.38. The summed E-state index contributed by atoms with van der Waals surface area (Å²) >= 11 is 0. The number of rotatable bonds is 8. The fourth-order valence-electron chi connectivity index (χ4n) is 2.59. The number of nitrogens with zero attached hydrogens (tertiary/aromatic N) is 3.